The number of aromatic nitrogens is 3. The van der Waals surface area contributed by atoms with Gasteiger partial charge in [0.25, 0.3) is 5.91 Å². The maximum absolute atomic E-state index is 13.1. The highest BCUT2D eigenvalue weighted by Crippen LogP contribution is 2.48. The minimum Gasteiger partial charge on any atom is -0.368 e. The van der Waals surface area contributed by atoms with Crippen LogP contribution in [-0.2, 0) is 0 Å². The topological polar surface area (TPSA) is 93.8 Å². The molecule has 2 heterocycles. The number of carbonyl (C=O) groups is 1. The summed E-state index contributed by atoms with van der Waals surface area (Å²) in [5, 5.41) is 4.32. The largest absolute Gasteiger partial charge is 0.368 e. The maximum atomic E-state index is 13.1. The number of benzene rings is 3. The fourth-order valence-electron chi connectivity index (χ4n) is 4.61. The number of fused-ring (bicyclic) bond motifs is 4. The highest BCUT2D eigenvalue weighted by atomic mass is 35.5. The minimum atomic E-state index is -0.412. The quantitative estimate of drug-likeness (QED) is 0.372. The van der Waals surface area contributed by atoms with Crippen LogP contribution in [0.15, 0.2) is 85.2 Å². The van der Waals surface area contributed by atoms with Crippen LogP contribution in [0, 0.1) is 0 Å². The molecular weight excluding hydrogens is 446 g/mol. The number of amides is 1. The average Bonchev–Trinajstić information content (AvgIpc) is 3.19. The van der Waals surface area contributed by atoms with E-state index in [0.717, 1.165) is 44.3 Å². The van der Waals surface area contributed by atoms with Crippen molar-refractivity contribution in [2.24, 2.45) is 0 Å². The van der Waals surface area contributed by atoms with Crippen molar-refractivity contribution in [3.8, 4) is 22.3 Å². The molecule has 6 rings (SSSR count). The Morgan fingerprint density at radius 2 is 1.65 bits per heavy atom. The van der Waals surface area contributed by atoms with Gasteiger partial charge in [-0.15, -0.1) is 0 Å². The summed E-state index contributed by atoms with van der Waals surface area (Å²) in [4.78, 5) is 25.7. The molecule has 0 spiro atoms. The number of anilines is 1. The molecule has 0 saturated carbocycles. The summed E-state index contributed by atoms with van der Waals surface area (Å²) >= 11 is 6.18. The average molecular weight is 464 g/mol. The third-order valence-corrected chi connectivity index (χ3v) is 6.38. The highest BCUT2D eigenvalue weighted by molar-refractivity contribution is 6.33. The molecule has 0 saturated heterocycles. The number of nitrogens with one attached hydrogen (secondary N) is 1. The molecule has 3 aromatic carbocycles. The third-order valence-electron chi connectivity index (χ3n) is 6.10. The number of pyridine rings is 1. The molecule has 1 aliphatic rings. The summed E-state index contributed by atoms with van der Waals surface area (Å²) in [6.45, 7) is 0. The van der Waals surface area contributed by atoms with Crippen LogP contribution in [0.1, 0.15) is 27.7 Å². The first-order valence-corrected chi connectivity index (χ1v) is 11.1. The zero-order valence-electron chi connectivity index (χ0n) is 17.9. The number of halogens is 1. The Balaban J connectivity index is 1.48. The summed E-state index contributed by atoms with van der Waals surface area (Å²) in [6.07, 6.45) is 3.23. The maximum Gasteiger partial charge on any atom is 0.272 e. The number of hydrogen-bond acceptors (Lipinski definition) is 5. The summed E-state index contributed by atoms with van der Waals surface area (Å²) < 4.78 is 0. The van der Waals surface area contributed by atoms with Crippen LogP contribution >= 0.6 is 11.6 Å². The number of nitrogens with two attached hydrogens (primary N) is 1. The summed E-state index contributed by atoms with van der Waals surface area (Å²) in [5.41, 5.74) is 12.9. The van der Waals surface area contributed by atoms with Gasteiger partial charge in [0.2, 0.25) is 5.95 Å². The van der Waals surface area contributed by atoms with Gasteiger partial charge in [-0.25, -0.2) is 9.97 Å². The number of para-hydroxylation sites is 1. The molecule has 7 heteroatoms. The Morgan fingerprint density at radius 1 is 0.882 bits per heavy atom. The van der Waals surface area contributed by atoms with Crippen molar-refractivity contribution in [3.63, 3.8) is 0 Å². The zero-order valence-corrected chi connectivity index (χ0v) is 18.6. The van der Waals surface area contributed by atoms with Crippen molar-refractivity contribution in [1.82, 2.24) is 20.3 Å². The molecule has 34 heavy (non-hydrogen) atoms. The van der Waals surface area contributed by atoms with Gasteiger partial charge in [-0.2, -0.15) is 0 Å². The molecule has 6 nitrogen and oxygen atoms in total. The van der Waals surface area contributed by atoms with Gasteiger partial charge in [0.1, 0.15) is 0 Å². The Hall–Kier alpha value is -4.29. The van der Waals surface area contributed by atoms with E-state index >= 15 is 0 Å². The van der Waals surface area contributed by atoms with Gasteiger partial charge < -0.3 is 11.1 Å². The van der Waals surface area contributed by atoms with E-state index in [-0.39, 0.29) is 22.7 Å². The molecular formula is C27H18ClN5O. The molecule has 1 unspecified atom stereocenters. The van der Waals surface area contributed by atoms with E-state index in [1.54, 1.807) is 0 Å². The van der Waals surface area contributed by atoms with E-state index in [9.17, 15) is 4.79 Å². The van der Waals surface area contributed by atoms with E-state index in [1.165, 1.54) is 6.20 Å². The second-order valence-corrected chi connectivity index (χ2v) is 8.51. The Morgan fingerprint density at radius 3 is 2.56 bits per heavy atom. The fraction of sp³-hybridized carbons (Fsp3) is 0.0370. The van der Waals surface area contributed by atoms with Crippen LogP contribution < -0.4 is 11.1 Å². The molecule has 3 N–H and O–H groups in total. The molecule has 1 amide bonds. The number of rotatable bonds is 3. The molecule has 0 bridgehead atoms. The first-order chi connectivity index (χ1) is 16.6. The smallest absolute Gasteiger partial charge is 0.272 e. The Kier molecular flexibility index (Phi) is 4.74. The predicted molar refractivity (Wildman–Crippen MR) is 133 cm³/mol. The van der Waals surface area contributed by atoms with E-state index < -0.39 is 5.91 Å². The van der Waals surface area contributed by atoms with Crippen LogP contribution in [0.3, 0.4) is 0 Å². The number of hydrogen-bond donors (Lipinski definition) is 2. The van der Waals surface area contributed by atoms with Crippen LogP contribution in [0.5, 0.6) is 0 Å². The summed E-state index contributed by atoms with van der Waals surface area (Å²) in [7, 11) is 0. The lowest BCUT2D eigenvalue weighted by atomic mass is 9.94. The molecule has 0 aliphatic heterocycles. The number of nitrogen functional groups attached to an aromatic ring is 1. The van der Waals surface area contributed by atoms with Gasteiger partial charge in [-0.1, -0.05) is 72.3 Å². The number of nitrogens with zero attached hydrogens (tertiary/aromatic N) is 3. The van der Waals surface area contributed by atoms with Crippen LogP contribution in [0.2, 0.25) is 5.02 Å². The van der Waals surface area contributed by atoms with Crippen molar-refractivity contribution < 1.29 is 4.79 Å². The van der Waals surface area contributed by atoms with Gasteiger partial charge in [-0.05, 0) is 39.9 Å². The summed E-state index contributed by atoms with van der Waals surface area (Å²) in [5.74, 6) is -0.419. The Labute approximate surface area is 200 Å². The summed E-state index contributed by atoms with van der Waals surface area (Å²) in [6, 6.07) is 24.0. The zero-order chi connectivity index (χ0) is 23.2. The minimum absolute atomic E-state index is 0.00661. The van der Waals surface area contributed by atoms with Crippen LogP contribution in [0.4, 0.5) is 5.95 Å². The van der Waals surface area contributed by atoms with Gasteiger partial charge >= 0.3 is 0 Å². The van der Waals surface area contributed by atoms with Gasteiger partial charge in [0, 0.05) is 17.1 Å². The fourth-order valence-corrected chi connectivity index (χ4v) is 4.79. The molecule has 5 aromatic rings. The molecule has 164 valence electrons. The van der Waals surface area contributed by atoms with E-state index in [1.807, 2.05) is 54.7 Å². The molecule has 2 aromatic heterocycles. The standard InChI is InChI=1S/C27H18ClN5O/c28-21-14-31-27(29)33-25(21)26(34)32-24-19-8-3-2-7-18(19)23-17(9-5-10-20(23)24)16-12-15-6-1-4-11-22(15)30-13-16/h1-14,24H,(H,32,34)(H2,29,31,33). The molecule has 0 radical (unpaired) electrons. The van der Waals surface area contributed by atoms with Crippen molar-refractivity contribution in [2.75, 3.05) is 5.73 Å². The van der Waals surface area contributed by atoms with Crippen molar-refractivity contribution in [3.05, 3.63) is 107 Å². The first kappa shape index (κ1) is 20.3. The van der Waals surface area contributed by atoms with Gasteiger partial charge in [-0.3, -0.25) is 9.78 Å². The number of carbonyl (C=O) groups excluding carboxylic acids is 1. The predicted octanol–water partition coefficient (Wildman–Crippen LogP) is 5.43. The molecule has 1 aliphatic carbocycles. The molecule has 0 fully saturated rings. The van der Waals surface area contributed by atoms with Crippen LogP contribution in [-0.4, -0.2) is 20.9 Å². The van der Waals surface area contributed by atoms with E-state index in [4.69, 9.17) is 17.3 Å². The lowest BCUT2D eigenvalue weighted by Crippen LogP contribution is -2.29. The second-order valence-electron chi connectivity index (χ2n) is 8.10. The van der Waals surface area contributed by atoms with Crippen molar-refractivity contribution >= 4 is 34.4 Å². The van der Waals surface area contributed by atoms with Gasteiger partial charge in [0.05, 0.1) is 22.8 Å². The molecule has 1 atom stereocenters. The van der Waals surface area contributed by atoms with E-state index in [0.29, 0.717) is 0 Å². The lowest BCUT2D eigenvalue weighted by Gasteiger charge is -2.17. The third kappa shape index (κ3) is 3.27. The van der Waals surface area contributed by atoms with Crippen LogP contribution in [0.25, 0.3) is 33.2 Å². The van der Waals surface area contributed by atoms with Gasteiger partial charge in [0.15, 0.2) is 5.69 Å². The van der Waals surface area contributed by atoms with Crippen molar-refractivity contribution in [2.45, 2.75) is 6.04 Å². The monoisotopic (exact) mass is 463 g/mol. The van der Waals surface area contributed by atoms with Crippen molar-refractivity contribution in [1.29, 1.82) is 0 Å². The lowest BCUT2D eigenvalue weighted by molar-refractivity contribution is 0.0938. The first-order valence-electron chi connectivity index (χ1n) is 10.8. The van der Waals surface area contributed by atoms with E-state index in [2.05, 4.69) is 44.5 Å². The SMILES string of the molecule is Nc1ncc(Cl)c(C(=O)NC2c3ccccc3-c3c(-c4cnc5ccccc5c4)cccc32)n1. The normalized spacial score (nSPS) is 14.0. The highest BCUT2D eigenvalue weighted by Gasteiger charge is 2.32. The Bertz CT molecular complexity index is 1600. The second kappa shape index (κ2) is 7.93.